The summed E-state index contributed by atoms with van der Waals surface area (Å²) in [6.45, 7) is 6.68. The second-order valence-electron chi connectivity index (χ2n) is 2.93. The fraction of sp³-hybridized carbons (Fsp3) is 0.500. The van der Waals surface area contributed by atoms with Gasteiger partial charge in [-0.1, -0.05) is 6.07 Å². The second-order valence-corrected chi connectivity index (χ2v) is 3.96. The third-order valence-electron chi connectivity index (χ3n) is 2.06. The molecule has 15 heavy (non-hydrogen) atoms. The number of rotatable bonds is 4. The van der Waals surface area contributed by atoms with E-state index in [-0.39, 0.29) is 24.0 Å². The summed E-state index contributed by atoms with van der Waals surface area (Å²) in [4.78, 5) is 7.64. The molecule has 0 saturated carbocycles. The normalized spacial score (nSPS) is 10.9. The fourth-order valence-corrected chi connectivity index (χ4v) is 1.84. The van der Waals surface area contributed by atoms with E-state index in [1.54, 1.807) is 11.3 Å². The molecule has 86 valence electrons. The summed E-state index contributed by atoms with van der Waals surface area (Å²) in [7, 11) is 0. The van der Waals surface area contributed by atoms with Gasteiger partial charge in [0.1, 0.15) is 0 Å². The van der Waals surface area contributed by atoms with Gasteiger partial charge < -0.3 is 10.6 Å². The van der Waals surface area contributed by atoms with Gasteiger partial charge in [0.25, 0.3) is 0 Å². The lowest BCUT2D eigenvalue weighted by Crippen LogP contribution is -2.36. The Balaban J connectivity index is 0.00000196. The van der Waals surface area contributed by atoms with Crippen molar-refractivity contribution in [2.75, 3.05) is 13.1 Å². The summed E-state index contributed by atoms with van der Waals surface area (Å²) in [5.74, 6) is 0.642. The monoisotopic (exact) mass is 339 g/mol. The van der Waals surface area contributed by atoms with Crippen molar-refractivity contribution in [3.8, 4) is 0 Å². The molecule has 0 radical (unpaired) electrons. The smallest absolute Gasteiger partial charge is 0.191 e. The van der Waals surface area contributed by atoms with Crippen LogP contribution in [0.2, 0.25) is 0 Å². The SMILES string of the molecule is CCN(CC)C(N)=NCc1cccs1.I. The first kappa shape index (κ1) is 14.7. The molecule has 0 atom stereocenters. The van der Waals surface area contributed by atoms with Crippen LogP contribution in [0, 0.1) is 0 Å². The molecular formula is C10H18IN3S. The Morgan fingerprint density at radius 2 is 2.13 bits per heavy atom. The molecule has 0 aliphatic rings. The highest BCUT2D eigenvalue weighted by Gasteiger charge is 2.01. The maximum absolute atomic E-state index is 5.84. The molecule has 3 nitrogen and oxygen atoms in total. The van der Waals surface area contributed by atoms with E-state index >= 15 is 0 Å². The zero-order chi connectivity index (χ0) is 10.4. The molecule has 2 N–H and O–H groups in total. The number of guanidine groups is 1. The quantitative estimate of drug-likeness (QED) is 0.520. The standard InChI is InChI=1S/C10H17N3S.HI/c1-3-13(4-2)10(11)12-8-9-6-5-7-14-9;/h5-7H,3-4,8H2,1-2H3,(H2,11,12);1H. The lowest BCUT2D eigenvalue weighted by atomic mass is 10.5. The average Bonchev–Trinajstić information content (AvgIpc) is 2.69. The van der Waals surface area contributed by atoms with Crippen LogP contribution in [0.15, 0.2) is 22.5 Å². The van der Waals surface area contributed by atoms with Gasteiger partial charge in [-0.25, -0.2) is 4.99 Å². The molecule has 0 bridgehead atoms. The highest BCUT2D eigenvalue weighted by atomic mass is 127. The van der Waals surface area contributed by atoms with Crippen LogP contribution in [0.1, 0.15) is 18.7 Å². The summed E-state index contributed by atoms with van der Waals surface area (Å²) in [6, 6.07) is 4.10. The first-order valence-electron chi connectivity index (χ1n) is 4.85. The van der Waals surface area contributed by atoms with E-state index in [1.807, 2.05) is 11.0 Å². The van der Waals surface area contributed by atoms with E-state index in [0.29, 0.717) is 12.5 Å². The molecule has 0 unspecified atom stereocenters. The van der Waals surface area contributed by atoms with Gasteiger partial charge in [0, 0.05) is 18.0 Å². The number of nitrogens with zero attached hydrogens (tertiary/aromatic N) is 2. The average molecular weight is 339 g/mol. The Labute approximate surface area is 112 Å². The van der Waals surface area contributed by atoms with Crippen LogP contribution in [-0.4, -0.2) is 23.9 Å². The Hall–Kier alpha value is -0.300. The van der Waals surface area contributed by atoms with E-state index in [1.165, 1.54) is 4.88 Å². The fourth-order valence-electron chi connectivity index (χ4n) is 1.21. The molecule has 5 heteroatoms. The third-order valence-corrected chi connectivity index (χ3v) is 2.93. The molecule has 0 fully saturated rings. The lowest BCUT2D eigenvalue weighted by Gasteiger charge is -2.19. The molecule has 1 aromatic heterocycles. The van der Waals surface area contributed by atoms with Gasteiger partial charge in [-0.05, 0) is 25.3 Å². The van der Waals surface area contributed by atoms with Gasteiger partial charge in [-0.2, -0.15) is 0 Å². The van der Waals surface area contributed by atoms with Crippen LogP contribution < -0.4 is 5.73 Å². The van der Waals surface area contributed by atoms with Crippen LogP contribution in [0.25, 0.3) is 0 Å². The van der Waals surface area contributed by atoms with E-state index in [4.69, 9.17) is 5.73 Å². The Kier molecular flexibility index (Phi) is 7.76. The zero-order valence-corrected chi connectivity index (χ0v) is 12.3. The Bertz CT molecular complexity index is 281. The van der Waals surface area contributed by atoms with Crippen molar-refractivity contribution in [2.45, 2.75) is 20.4 Å². The molecule has 0 aliphatic heterocycles. The summed E-state index contributed by atoms with van der Waals surface area (Å²) in [5, 5.41) is 2.05. The number of hydrogen-bond acceptors (Lipinski definition) is 2. The first-order chi connectivity index (χ1) is 6.77. The minimum absolute atomic E-state index is 0. The first-order valence-corrected chi connectivity index (χ1v) is 5.73. The van der Waals surface area contributed by atoms with Crippen molar-refractivity contribution in [3.05, 3.63) is 22.4 Å². The molecule has 0 saturated heterocycles. The van der Waals surface area contributed by atoms with Crippen molar-refractivity contribution in [1.82, 2.24) is 4.90 Å². The molecule has 0 amide bonds. The lowest BCUT2D eigenvalue weighted by molar-refractivity contribution is 0.458. The van der Waals surface area contributed by atoms with Crippen LogP contribution in [-0.2, 0) is 6.54 Å². The predicted octanol–water partition coefficient (Wildman–Crippen LogP) is 2.52. The van der Waals surface area contributed by atoms with Crippen LogP contribution in [0.3, 0.4) is 0 Å². The molecule has 1 heterocycles. The number of nitrogens with two attached hydrogens (primary N) is 1. The van der Waals surface area contributed by atoms with Gasteiger partial charge >= 0.3 is 0 Å². The van der Waals surface area contributed by atoms with Gasteiger partial charge in [0.2, 0.25) is 0 Å². The van der Waals surface area contributed by atoms with Gasteiger partial charge in [0.05, 0.1) is 6.54 Å². The molecule has 0 aliphatic carbocycles. The molecule has 0 spiro atoms. The topological polar surface area (TPSA) is 41.6 Å². The molecule has 0 aromatic carbocycles. The van der Waals surface area contributed by atoms with Crippen molar-refractivity contribution < 1.29 is 0 Å². The summed E-state index contributed by atoms with van der Waals surface area (Å²) in [5.41, 5.74) is 5.84. The van der Waals surface area contributed by atoms with Crippen molar-refractivity contribution in [2.24, 2.45) is 10.7 Å². The number of aliphatic imine (C=N–C) groups is 1. The van der Waals surface area contributed by atoms with E-state index in [0.717, 1.165) is 13.1 Å². The van der Waals surface area contributed by atoms with Crippen LogP contribution >= 0.6 is 35.3 Å². The minimum atomic E-state index is 0. The molecular weight excluding hydrogens is 321 g/mol. The number of halogens is 1. The van der Waals surface area contributed by atoms with Crippen LogP contribution in [0.5, 0.6) is 0 Å². The third kappa shape index (κ3) is 4.83. The van der Waals surface area contributed by atoms with Crippen molar-refractivity contribution in [1.29, 1.82) is 0 Å². The van der Waals surface area contributed by atoms with E-state index in [9.17, 15) is 0 Å². The maximum Gasteiger partial charge on any atom is 0.191 e. The second kappa shape index (κ2) is 7.92. The zero-order valence-electron chi connectivity index (χ0n) is 9.14. The maximum atomic E-state index is 5.84. The van der Waals surface area contributed by atoms with Gasteiger partial charge in [-0.15, -0.1) is 35.3 Å². The van der Waals surface area contributed by atoms with Crippen molar-refractivity contribution in [3.63, 3.8) is 0 Å². The number of hydrogen-bond donors (Lipinski definition) is 1. The van der Waals surface area contributed by atoms with E-state index < -0.39 is 0 Å². The summed E-state index contributed by atoms with van der Waals surface area (Å²) in [6.07, 6.45) is 0. The van der Waals surface area contributed by atoms with Crippen molar-refractivity contribution >= 4 is 41.3 Å². The predicted molar refractivity (Wildman–Crippen MR) is 78.0 cm³/mol. The Morgan fingerprint density at radius 1 is 1.47 bits per heavy atom. The van der Waals surface area contributed by atoms with Gasteiger partial charge in [0.15, 0.2) is 5.96 Å². The molecule has 1 rings (SSSR count). The highest BCUT2D eigenvalue weighted by Crippen LogP contribution is 2.09. The Morgan fingerprint density at radius 3 is 2.60 bits per heavy atom. The largest absolute Gasteiger partial charge is 0.370 e. The van der Waals surface area contributed by atoms with Gasteiger partial charge in [-0.3, -0.25) is 0 Å². The minimum Gasteiger partial charge on any atom is -0.370 e. The summed E-state index contributed by atoms with van der Waals surface area (Å²) < 4.78 is 0. The molecule has 1 aromatic rings. The summed E-state index contributed by atoms with van der Waals surface area (Å²) >= 11 is 1.71. The highest BCUT2D eigenvalue weighted by molar-refractivity contribution is 14.0. The van der Waals surface area contributed by atoms with Crippen LogP contribution in [0.4, 0.5) is 0 Å². The number of thiophene rings is 1. The van der Waals surface area contributed by atoms with E-state index in [2.05, 4.69) is 30.3 Å².